The maximum absolute atomic E-state index is 9.10. The third-order valence-electron chi connectivity index (χ3n) is 5.04. The number of fused-ring (bicyclic) bond motifs is 1. The summed E-state index contributed by atoms with van der Waals surface area (Å²) >= 11 is 13.2. The molecule has 0 aliphatic carbocycles. The SMILES string of the molecule is COc1cc(OC)c(Cl)c(-c2cc3cnc(N)cc3c(NCc3cnn(CCO)c3)n2)c1Cl. The van der Waals surface area contributed by atoms with Crippen LogP contribution in [0.15, 0.2) is 36.8 Å². The van der Waals surface area contributed by atoms with Gasteiger partial charge in [0.2, 0.25) is 0 Å². The van der Waals surface area contributed by atoms with Gasteiger partial charge in [0.15, 0.2) is 0 Å². The zero-order valence-corrected chi connectivity index (χ0v) is 19.5. The van der Waals surface area contributed by atoms with Crippen molar-refractivity contribution in [2.75, 3.05) is 31.9 Å². The Bertz CT molecular complexity index is 1280. The number of aromatic nitrogens is 4. The number of nitrogens with one attached hydrogen (secondary N) is 1. The number of aliphatic hydroxyl groups is 1. The molecule has 0 radical (unpaired) electrons. The van der Waals surface area contributed by atoms with Crippen LogP contribution in [0.4, 0.5) is 11.6 Å². The lowest BCUT2D eigenvalue weighted by molar-refractivity contribution is 0.269. The van der Waals surface area contributed by atoms with Gasteiger partial charge < -0.3 is 25.6 Å². The van der Waals surface area contributed by atoms with Crippen molar-refractivity contribution in [1.29, 1.82) is 0 Å². The van der Waals surface area contributed by atoms with Gasteiger partial charge >= 0.3 is 0 Å². The highest BCUT2D eigenvalue weighted by molar-refractivity contribution is 6.41. The van der Waals surface area contributed by atoms with Crippen molar-refractivity contribution in [3.63, 3.8) is 0 Å². The molecule has 4 N–H and O–H groups in total. The summed E-state index contributed by atoms with van der Waals surface area (Å²) < 4.78 is 12.5. The smallest absolute Gasteiger partial charge is 0.141 e. The monoisotopic (exact) mass is 488 g/mol. The highest BCUT2D eigenvalue weighted by Crippen LogP contribution is 2.46. The van der Waals surface area contributed by atoms with Crippen LogP contribution in [0, 0.1) is 0 Å². The Kier molecular flexibility index (Phi) is 6.73. The molecule has 0 unspecified atom stereocenters. The Labute approximate surface area is 200 Å². The summed E-state index contributed by atoms with van der Waals surface area (Å²) in [5.41, 5.74) is 7.84. The molecule has 4 rings (SSSR count). The van der Waals surface area contributed by atoms with Crippen LogP contribution in [0.25, 0.3) is 22.0 Å². The standard InChI is InChI=1S/C22H22Cl2N6O3/c1-32-16-7-17(33-2)21(24)19(20(16)23)15-5-13-10-26-18(25)6-14(13)22(29-15)27-8-12-9-28-30(11-12)3-4-31/h5-7,9-11,31H,3-4,8H2,1-2H3,(H2,25,26)(H,27,29). The molecular weight excluding hydrogens is 467 g/mol. The van der Waals surface area contributed by atoms with E-state index in [0.717, 1.165) is 16.3 Å². The van der Waals surface area contributed by atoms with Crippen LogP contribution in [0.5, 0.6) is 11.5 Å². The molecule has 0 amide bonds. The second kappa shape index (κ2) is 9.70. The molecule has 0 atom stereocenters. The van der Waals surface area contributed by atoms with Gasteiger partial charge in [-0.3, -0.25) is 4.68 Å². The number of hydrogen-bond donors (Lipinski definition) is 3. The van der Waals surface area contributed by atoms with Gasteiger partial charge in [-0.2, -0.15) is 5.10 Å². The van der Waals surface area contributed by atoms with Gasteiger partial charge in [-0.1, -0.05) is 23.2 Å². The van der Waals surface area contributed by atoms with Crippen molar-refractivity contribution < 1.29 is 14.6 Å². The van der Waals surface area contributed by atoms with E-state index in [4.69, 9.17) is 48.5 Å². The Balaban J connectivity index is 1.82. The third kappa shape index (κ3) is 4.61. The number of benzene rings is 1. The molecule has 0 fully saturated rings. The largest absolute Gasteiger partial charge is 0.495 e. The number of methoxy groups -OCH3 is 2. The quantitative estimate of drug-likeness (QED) is 0.340. The number of hydrogen-bond acceptors (Lipinski definition) is 8. The van der Waals surface area contributed by atoms with E-state index >= 15 is 0 Å². The summed E-state index contributed by atoms with van der Waals surface area (Å²) in [5.74, 6) is 1.77. The zero-order chi connectivity index (χ0) is 23.5. The van der Waals surface area contributed by atoms with Gasteiger partial charge in [0.05, 0.1) is 49.3 Å². The Morgan fingerprint density at radius 3 is 2.48 bits per heavy atom. The predicted molar refractivity (Wildman–Crippen MR) is 129 cm³/mol. The van der Waals surface area contributed by atoms with Gasteiger partial charge in [0, 0.05) is 46.9 Å². The molecule has 172 valence electrons. The second-order valence-corrected chi connectivity index (χ2v) is 7.92. The molecule has 3 aromatic heterocycles. The number of ether oxygens (including phenoxy) is 2. The molecule has 0 spiro atoms. The number of nitrogens with zero attached hydrogens (tertiary/aromatic N) is 4. The molecule has 0 bridgehead atoms. The predicted octanol–water partition coefficient (Wildman–Crippen LogP) is 4.00. The Morgan fingerprint density at radius 1 is 1.09 bits per heavy atom. The molecule has 33 heavy (non-hydrogen) atoms. The molecule has 9 nitrogen and oxygen atoms in total. The third-order valence-corrected chi connectivity index (χ3v) is 5.79. The van der Waals surface area contributed by atoms with Gasteiger partial charge in [0.25, 0.3) is 0 Å². The lowest BCUT2D eigenvalue weighted by Crippen LogP contribution is -2.04. The van der Waals surface area contributed by atoms with Crippen LogP contribution in [0.1, 0.15) is 5.56 Å². The van der Waals surface area contributed by atoms with E-state index in [-0.39, 0.29) is 6.61 Å². The lowest BCUT2D eigenvalue weighted by atomic mass is 10.1. The van der Waals surface area contributed by atoms with E-state index in [1.54, 1.807) is 29.2 Å². The molecule has 4 aromatic rings. The summed E-state index contributed by atoms with van der Waals surface area (Å²) in [6, 6.07) is 5.21. The number of anilines is 2. The molecular formula is C22H22Cl2N6O3. The lowest BCUT2D eigenvalue weighted by Gasteiger charge is -2.16. The summed E-state index contributed by atoms with van der Waals surface area (Å²) in [6.07, 6.45) is 5.25. The fraction of sp³-hybridized carbons (Fsp3) is 0.227. The maximum atomic E-state index is 9.10. The van der Waals surface area contributed by atoms with E-state index in [1.807, 2.05) is 12.3 Å². The summed E-state index contributed by atoms with van der Waals surface area (Å²) in [6.45, 7) is 0.885. The van der Waals surface area contributed by atoms with E-state index < -0.39 is 0 Å². The molecule has 1 aromatic carbocycles. The Hall–Kier alpha value is -3.27. The molecule has 11 heteroatoms. The van der Waals surface area contributed by atoms with Crippen LogP contribution in [0.3, 0.4) is 0 Å². The van der Waals surface area contributed by atoms with Crippen LogP contribution in [-0.4, -0.2) is 45.7 Å². The van der Waals surface area contributed by atoms with E-state index in [1.165, 1.54) is 14.2 Å². The van der Waals surface area contributed by atoms with Crippen LogP contribution in [-0.2, 0) is 13.1 Å². The molecule has 0 saturated heterocycles. The first kappa shape index (κ1) is 22.9. The number of aliphatic hydroxyl groups excluding tert-OH is 1. The van der Waals surface area contributed by atoms with E-state index in [9.17, 15) is 0 Å². The second-order valence-electron chi connectivity index (χ2n) is 7.16. The average Bonchev–Trinajstić information content (AvgIpc) is 3.25. The van der Waals surface area contributed by atoms with Gasteiger partial charge in [-0.25, -0.2) is 9.97 Å². The topological polar surface area (TPSA) is 120 Å². The number of halogens is 2. The van der Waals surface area contributed by atoms with Gasteiger partial charge in [-0.05, 0) is 12.1 Å². The summed E-state index contributed by atoms with van der Waals surface area (Å²) in [5, 5.41) is 18.9. The van der Waals surface area contributed by atoms with Crippen molar-refractivity contribution in [3.05, 3.63) is 52.4 Å². The zero-order valence-electron chi connectivity index (χ0n) is 18.0. The number of nitrogens with two attached hydrogens (primary N) is 1. The first-order chi connectivity index (χ1) is 15.9. The van der Waals surface area contributed by atoms with Crippen LogP contribution < -0.4 is 20.5 Å². The summed E-state index contributed by atoms with van der Waals surface area (Å²) in [7, 11) is 3.03. The van der Waals surface area contributed by atoms with Crippen molar-refractivity contribution in [2.24, 2.45) is 0 Å². The molecule has 3 heterocycles. The van der Waals surface area contributed by atoms with Crippen molar-refractivity contribution in [2.45, 2.75) is 13.1 Å². The highest BCUT2D eigenvalue weighted by Gasteiger charge is 2.21. The van der Waals surface area contributed by atoms with Crippen molar-refractivity contribution in [3.8, 4) is 22.8 Å². The normalized spacial score (nSPS) is 11.1. The number of pyridine rings is 2. The molecule has 0 aliphatic heterocycles. The first-order valence-electron chi connectivity index (χ1n) is 9.97. The Morgan fingerprint density at radius 2 is 1.82 bits per heavy atom. The van der Waals surface area contributed by atoms with E-state index in [2.05, 4.69) is 15.4 Å². The van der Waals surface area contributed by atoms with Crippen LogP contribution >= 0.6 is 23.2 Å². The first-order valence-corrected chi connectivity index (χ1v) is 10.7. The minimum Gasteiger partial charge on any atom is -0.495 e. The minimum atomic E-state index is 0.0145. The van der Waals surface area contributed by atoms with E-state index in [0.29, 0.717) is 57.5 Å². The summed E-state index contributed by atoms with van der Waals surface area (Å²) in [4.78, 5) is 9.01. The van der Waals surface area contributed by atoms with Gasteiger partial charge in [-0.15, -0.1) is 0 Å². The van der Waals surface area contributed by atoms with Crippen molar-refractivity contribution >= 4 is 45.6 Å². The number of rotatable bonds is 8. The van der Waals surface area contributed by atoms with Crippen molar-refractivity contribution in [1.82, 2.24) is 19.7 Å². The highest BCUT2D eigenvalue weighted by atomic mass is 35.5. The van der Waals surface area contributed by atoms with Crippen LogP contribution in [0.2, 0.25) is 10.0 Å². The number of nitrogen functional groups attached to an aromatic ring is 1. The fourth-order valence-corrected chi connectivity index (χ4v) is 4.14. The van der Waals surface area contributed by atoms with Gasteiger partial charge in [0.1, 0.15) is 23.1 Å². The average molecular weight is 489 g/mol. The fourth-order valence-electron chi connectivity index (χ4n) is 3.44. The molecule has 0 aliphatic rings. The molecule has 0 saturated carbocycles. The maximum Gasteiger partial charge on any atom is 0.141 e. The minimum absolute atomic E-state index is 0.0145.